The van der Waals surface area contributed by atoms with E-state index in [2.05, 4.69) is 5.32 Å². The number of thioether (sulfide) groups is 1. The summed E-state index contributed by atoms with van der Waals surface area (Å²) in [4.78, 5) is 14.6. The lowest BCUT2D eigenvalue weighted by Gasteiger charge is -2.35. The number of nitrogens with one attached hydrogen (secondary N) is 1. The van der Waals surface area contributed by atoms with Gasteiger partial charge in [-0.05, 0) is 48.6 Å². The van der Waals surface area contributed by atoms with Gasteiger partial charge in [0.25, 0.3) is 5.91 Å². The molecule has 8 heteroatoms. The van der Waals surface area contributed by atoms with E-state index in [1.807, 2.05) is 47.4 Å². The Morgan fingerprint density at radius 2 is 2.04 bits per heavy atom. The fourth-order valence-electron chi connectivity index (χ4n) is 2.53. The number of ether oxygens (including phenoxy) is 1. The van der Waals surface area contributed by atoms with Crippen molar-refractivity contribution in [2.75, 3.05) is 23.7 Å². The van der Waals surface area contributed by atoms with Crippen LogP contribution in [0, 0.1) is 0 Å². The highest BCUT2D eigenvalue weighted by Gasteiger charge is 2.30. The van der Waals surface area contributed by atoms with Crippen LogP contribution in [0.4, 0.5) is 5.69 Å². The zero-order valence-corrected chi connectivity index (χ0v) is 16.2. The molecular formula is C18H18ClN3O2S2. The van der Waals surface area contributed by atoms with E-state index in [-0.39, 0.29) is 0 Å². The van der Waals surface area contributed by atoms with Crippen LogP contribution < -0.4 is 20.7 Å². The molecule has 26 heavy (non-hydrogen) atoms. The van der Waals surface area contributed by atoms with Crippen LogP contribution in [0.2, 0.25) is 5.02 Å². The Bertz CT molecular complexity index is 801. The Morgan fingerprint density at radius 3 is 2.77 bits per heavy atom. The SMILES string of the molecule is NC(=O)[C@H]1CN(C(=S)NCCSc2ccc(Cl)cc2)c2ccccc2O1. The number of thiocarbonyl (C=S) groups is 1. The van der Waals surface area contributed by atoms with E-state index in [1.165, 1.54) is 0 Å². The maximum atomic E-state index is 11.6. The minimum atomic E-state index is -0.729. The van der Waals surface area contributed by atoms with Crippen molar-refractivity contribution in [2.24, 2.45) is 5.73 Å². The predicted octanol–water partition coefficient (Wildman–Crippen LogP) is 3.06. The zero-order valence-electron chi connectivity index (χ0n) is 13.9. The first-order valence-electron chi connectivity index (χ1n) is 8.03. The van der Waals surface area contributed by atoms with Gasteiger partial charge in [0.2, 0.25) is 0 Å². The number of nitrogens with zero attached hydrogens (tertiary/aromatic N) is 1. The first-order chi connectivity index (χ1) is 12.5. The summed E-state index contributed by atoms with van der Waals surface area (Å²) >= 11 is 13.1. The Morgan fingerprint density at radius 1 is 1.31 bits per heavy atom. The molecule has 0 aliphatic carbocycles. The number of amides is 1. The predicted molar refractivity (Wildman–Crippen MR) is 110 cm³/mol. The van der Waals surface area contributed by atoms with Crippen LogP contribution in [0.1, 0.15) is 0 Å². The largest absolute Gasteiger partial charge is 0.477 e. The molecule has 3 rings (SSSR count). The summed E-state index contributed by atoms with van der Waals surface area (Å²) in [7, 11) is 0. The van der Waals surface area contributed by atoms with Gasteiger partial charge < -0.3 is 20.7 Å². The number of carbonyl (C=O) groups is 1. The third-order valence-corrected chi connectivity index (χ3v) is 5.43. The average molecular weight is 408 g/mol. The van der Waals surface area contributed by atoms with E-state index in [4.69, 9.17) is 34.3 Å². The van der Waals surface area contributed by atoms with Gasteiger partial charge in [-0.2, -0.15) is 0 Å². The average Bonchev–Trinajstić information content (AvgIpc) is 2.65. The monoisotopic (exact) mass is 407 g/mol. The van der Waals surface area contributed by atoms with E-state index in [0.29, 0.717) is 24.0 Å². The second-order valence-electron chi connectivity index (χ2n) is 5.62. The molecule has 0 radical (unpaired) electrons. The van der Waals surface area contributed by atoms with E-state index in [0.717, 1.165) is 21.4 Å². The van der Waals surface area contributed by atoms with Crippen molar-refractivity contribution < 1.29 is 9.53 Å². The topological polar surface area (TPSA) is 67.6 Å². The van der Waals surface area contributed by atoms with Gasteiger partial charge in [0.1, 0.15) is 5.75 Å². The molecule has 3 N–H and O–H groups in total. The minimum Gasteiger partial charge on any atom is -0.477 e. The molecule has 1 heterocycles. The van der Waals surface area contributed by atoms with Crippen molar-refractivity contribution in [1.82, 2.24) is 5.32 Å². The zero-order chi connectivity index (χ0) is 18.5. The number of primary amides is 1. The number of hydrogen-bond donors (Lipinski definition) is 2. The number of fused-ring (bicyclic) bond motifs is 1. The number of benzene rings is 2. The number of para-hydroxylation sites is 2. The van der Waals surface area contributed by atoms with Gasteiger partial charge in [-0.3, -0.25) is 4.79 Å². The van der Waals surface area contributed by atoms with Crippen LogP contribution >= 0.6 is 35.6 Å². The standard InChI is InChI=1S/C18H18ClN3O2S2/c19-12-5-7-13(8-6-12)26-10-9-21-18(25)22-11-16(17(20)23)24-15-4-2-1-3-14(15)22/h1-8,16H,9-11H2,(H2,20,23)(H,21,25)/t16-/m1/s1. The summed E-state index contributed by atoms with van der Waals surface area (Å²) in [6.07, 6.45) is -0.729. The van der Waals surface area contributed by atoms with E-state index in [9.17, 15) is 4.79 Å². The summed E-state index contributed by atoms with van der Waals surface area (Å²) in [6.45, 7) is 0.982. The van der Waals surface area contributed by atoms with Gasteiger partial charge in [-0.1, -0.05) is 23.7 Å². The second-order valence-corrected chi connectivity index (χ2v) is 7.61. The smallest absolute Gasteiger partial charge is 0.260 e. The lowest BCUT2D eigenvalue weighted by molar-refractivity contribution is -0.124. The number of halogens is 1. The Labute approximate surface area is 166 Å². The Hall–Kier alpha value is -1.96. The van der Waals surface area contributed by atoms with Crippen molar-refractivity contribution in [3.05, 3.63) is 53.6 Å². The Kier molecular flexibility index (Phi) is 6.24. The summed E-state index contributed by atoms with van der Waals surface area (Å²) < 4.78 is 5.65. The molecule has 0 aromatic heterocycles. The van der Waals surface area contributed by atoms with Gasteiger partial charge in [-0.25, -0.2) is 0 Å². The molecule has 0 unspecified atom stereocenters. The molecular weight excluding hydrogens is 390 g/mol. The summed E-state index contributed by atoms with van der Waals surface area (Å²) in [5, 5.41) is 4.51. The molecule has 1 aliphatic rings. The van der Waals surface area contributed by atoms with Gasteiger partial charge in [-0.15, -0.1) is 11.8 Å². The Balaban J connectivity index is 1.58. The van der Waals surface area contributed by atoms with Gasteiger partial charge in [0.05, 0.1) is 12.2 Å². The lowest BCUT2D eigenvalue weighted by Crippen LogP contribution is -2.52. The summed E-state index contributed by atoms with van der Waals surface area (Å²) in [5.74, 6) is 0.931. The van der Waals surface area contributed by atoms with E-state index >= 15 is 0 Å². The van der Waals surface area contributed by atoms with Crippen LogP contribution in [0.3, 0.4) is 0 Å². The fraction of sp³-hybridized carbons (Fsp3) is 0.222. The van der Waals surface area contributed by atoms with E-state index in [1.54, 1.807) is 17.8 Å². The van der Waals surface area contributed by atoms with Gasteiger partial charge in [0.15, 0.2) is 11.2 Å². The van der Waals surface area contributed by atoms with Crippen LogP contribution in [0.15, 0.2) is 53.4 Å². The van der Waals surface area contributed by atoms with Crippen molar-refractivity contribution >= 4 is 52.3 Å². The number of hydrogen-bond acceptors (Lipinski definition) is 4. The van der Waals surface area contributed by atoms with Crippen LogP contribution in [0.25, 0.3) is 0 Å². The van der Waals surface area contributed by atoms with Gasteiger partial charge in [0, 0.05) is 22.2 Å². The maximum Gasteiger partial charge on any atom is 0.260 e. The first-order valence-corrected chi connectivity index (χ1v) is 9.80. The highest BCUT2D eigenvalue weighted by Crippen LogP contribution is 2.33. The first kappa shape index (κ1) is 18.8. The molecule has 1 amide bonds. The summed E-state index contributed by atoms with van der Waals surface area (Å²) in [5.41, 5.74) is 6.24. The molecule has 0 spiro atoms. The lowest BCUT2D eigenvalue weighted by atomic mass is 10.2. The number of nitrogens with two attached hydrogens (primary N) is 1. The molecule has 0 saturated carbocycles. The quantitative estimate of drug-likeness (QED) is 0.451. The molecule has 2 aromatic rings. The molecule has 0 fully saturated rings. The number of anilines is 1. The van der Waals surface area contributed by atoms with Crippen molar-refractivity contribution in [2.45, 2.75) is 11.0 Å². The highest BCUT2D eigenvalue weighted by atomic mass is 35.5. The van der Waals surface area contributed by atoms with Crippen LogP contribution in [-0.2, 0) is 4.79 Å². The number of carbonyl (C=O) groups excluding carboxylic acids is 1. The second kappa shape index (κ2) is 8.62. The van der Waals surface area contributed by atoms with Crippen molar-refractivity contribution in [1.29, 1.82) is 0 Å². The third kappa shape index (κ3) is 4.60. The third-order valence-electron chi connectivity index (χ3n) is 3.80. The molecule has 1 aliphatic heterocycles. The summed E-state index contributed by atoms with van der Waals surface area (Å²) in [6, 6.07) is 15.2. The van der Waals surface area contributed by atoms with Crippen LogP contribution in [-0.4, -0.2) is 36.0 Å². The molecule has 2 aromatic carbocycles. The fourth-order valence-corrected chi connectivity index (χ4v) is 3.70. The molecule has 1 atom stereocenters. The maximum absolute atomic E-state index is 11.6. The number of rotatable bonds is 5. The molecule has 0 bridgehead atoms. The molecule has 0 saturated heterocycles. The van der Waals surface area contributed by atoms with E-state index < -0.39 is 12.0 Å². The van der Waals surface area contributed by atoms with Gasteiger partial charge >= 0.3 is 0 Å². The highest BCUT2D eigenvalue weighted by molar-refractivity contribution is 7.99. The van der Waals surface area contributed by atoms with Crippen LogP contribution in [0.5, 0.6) is 5.75 Å². The molecule has 136 valence electrons. The minimum absolute atomic E-state index is 0.294. The van der Waals surface area contributed by atoms with Crippen molar-refractivity contribution in [3.8, 4) is 5.75 Å². The normalized spacial score (nSPS) is 15.7. The van der Waals surface area contributed by atoms with Crippen molar-refractivity contribution in [3.63, 3.8) is 0 Å². The molecule has 5 nitrogen and oxygen atoms in total.